The lowest BCUT2D eigenvalue weighted by Crippen LogP contribution is -2.38. The van der Waals surface area contributed by atoms with Crippen molar-refractivity contribution in [3.8, 4) is 11.1 Å². The lowest BCUT2D eigenvalue weighted by atomic mass is 9.98. The van der Waals surface area contributed by atoms with Gasteiger partial charge in [0.05, 0.1) is 12.3 Å². The number of hydrogen-bond donors (Lipinski definition) is 3. The molecule has 10 heteroatoms. The summed E-state index contributed by atoms with van der Waals surface area (Å²) in [5.74, 6) is -4.24. The highest BCUT2D eigenvalue weighted by Crippen LogP contribution is 2.44. The van der Waals surface area contributed by atoms with E-state index in [0.29, 0.717) is 0 Å². The first-order chi connectivity index (χ1) is 16.6. The number of amides is 2. The van der Waals surface area contributed by atoms with Crippen molar-refractivity contribution in [2.75, 3.05) is 13.2 Å². The molecule has 2 aromatic carbocycles. The second-order valence-electron chi connectivity index (χ2n) is 8.55. The molecule has 0 heterocycles. The Kier molecular flexibility index (Phi) is 8.37. The van der Waals surface area contributed by atoms with Crippen LogP contribution in [-0.4, -0.2) is 48.4 Å². The fourth-order valence-electron chi connectivity index (χ4n) is 4.25. The van der Waals surface area contributed by atoms with Gasteiger partial charge in [0.1, 0.15) is 6.61 Å². The predicted molar refractivity (Wildman–Crippen MR) is 122 cm³/mol. The third-order valence-electron chi connectivity index (χ3n) is 5.89. The number of alkyl halides is 3. The average molecular weight is 492 g/mol. The number of hydrogen-bond acceptors (Lipinski definition) is 4. The second-order valence-corrected chi connectivity index (χ2v) is 8.55. The summed E-state index contributed by atoms with van der Waals surface area (Å²) in [5, 5.41) is 13.3. The summed E-state index contributed by atoms with van der Waals surface area (Å²) in [5.41, 5.74) is 4.14. The lowest BCUT2D eigenvalue weighted by molar-refractivity contribution is -0.180. The van der Waals surface area contributed by atoms with Crippen LogP contribution in [0.1, 0.15) is 43.2 Å². The van der Waals surface area contributed by atoms with Gasteiger partial charge in [0.2, 0.25) is 5.91 Å². The molecule has 7 nitrogen and oxygen atoms in total. The van der Waals surface area contributed by atoms with E-state index in [-0.39, 0.29) is 19.1 Å². The Morgan fingerprint density at radius 3 is 2.11 bits per heavy atom. The van der Waals surface area contributed by atoms with E-state index in [1.165, 1.54) is 6.92 Å². The number of ether oxygens (including phenoxy) is 1. The van der Waals surface area contributed by atoms with Crippen LogP contribution in [0.25, 0.3) is 11.1 Å². The summed E-state index contributed by atoms with van der Waals surface area (Å²) < 4.78 is 45.4. The Morgan fingerprint density at radius 1 is 1.00 bits per heavy atom. The van der Waals surface area contributed by atoms with E-state index >= 15 is 0 Å². The van der Waals surface area contributed by atoms with Gasteiger partial charge >= 0.3 is 18.2 Å². The highest BCUT2D eigenvalue weighted by Gasteiger charge is 2.40. The molecule has 0 fully saturated rings. The van der Waals surface area contributed by atoms with E-state index < -0.39 is 55.4 Å². The summed E-state index contributed by atoms with van der Waals surface area (Å²) in [6.07, 6.45) is -7.27. The molecule has 0 saturated heterocycles. The highest BCUT2D eigenvalue weighted by molar-refractivity contribution is 5.79. The van der Waals surface area contributed by atoms with Gasteiger partial charge in [-0.2, -0.15) is 13.2 Å². The minimum Gasteiger partial charge on any atom is -0.481 e. The van der Waals surface area contributed by atoms with Gasteiger partial charge in [-0.05, 0) is 35.6 Å². The van der Waals surface area contributed by atoms with Crippen LogP contribution in [0.5, 0.6) is 0 Å². The van der Waals surface area contributed by atoms with Crippen LogP contribution in [0.3, 0.4) is 0 Å². The largest absolute Gasteiger partial charge is 0.481 e. The molecule has 0 bridgehead atoms. The van der Waals surface area contributed by atoms with Crippen molar-refractivity contribution in [3.05, 3.63) is 59.7 Å². The summed E-state index contributed by atoms with van der Waals surface area (Å²) in [6.45, 7) is 1.10. The van der Waals surface area contributed by atoms with Crippen LogP contribution in [-0.2, 0) is 14.3 Å². The third-order valence-corrected chi connectivity index (χ3v) is 5.89. The molecule has 2 atom stereocenters. The Morgan fingerprint density at radius 2 is 1.57 bits per heavy atom. The molecule has 3 N–H and O–H groups in total. The zero-order chi connectivity index (χ0) is 25.6. The first-order valence-corrected chi connectivity index (χ1v) is 11.2. The molecule has 0 spiro atoms. The van der Waals surface area contributed by atoms with Crippen molar-refractivity contribution in [3.63, 3.8) is 0 Å². The first-order valence-electron chi connectivity index (χ1n) is 11.2. The third kappa shape index (κ3) is 6.97. The van der Waals surface area contributed by atoms with Gasteiger partial charge in [0.15, 0.2) is 0 Å². The molecule has 35 heavy (non-hydrogen) atoms. The Balaban J connectivity index is 1.50. The van der Waals surface area contributed by atoms with E-state index in [1.807, 2.05) is 48.5 Å². The van der Waals surface area contributed by atoms with Crippen LogP contribution in [0.15, 0.2) is 48.5 Å². The minimum absolute atomic E-state index is 0.0342. The average Bonchev–Trinajstić information content (AvgIpc) is 3.09. The maximum atomic E-state index is 13.4. The molecule has 1 aliphatic rings. The highest BCUT2D eigenvalue weighted by atomic mass is 19.4. The number of aliphatic carboxylic acids is 1. The number of alkyl carbamates (subject to hydrolysis) is 1. The van der Waals surface area contributed by atoms with Crippen LogP contribution in [0, 0.1) is 5.92 Å². The molecule has 0 aliphatic heterocycles. The quantitative estimate of drug-likeness (QED) is 0.454. The van der Waals surface area contributed by atoms with Crippen molar-refractivity contribution >= 4 is 18.0 Å². The molecule has 188 valence electrons. The van der Waals surface area contributed by atoms with E-state index in [2.05, 4.69) is 10.6 Å². The molecule has 0 aromatic heterocycles. The summed E-state index contributed by atoms with van der Waals surface area (Å²) in [4.78, 5) is 34.8. The second kappa shape index (κ2) is 11.2. The van der Waals surface area contributed by atoms with Gasteiger partial charge in [-0.1, -0.05) is 48.5 Å². The fraction of sp³-hybridized carbons (Fsp3) is 0.400. The number of benzene rings is 2. The normalized spacial score (nSPS) is 14.4. The van der Waals surface area contributed by atoms with Gasteiger partial charge in [0, 0.05) is 24.9 Å². The number of carboxylic acids is 1. The van der Waals surface area contributed by atoms with Crippen LogP contribution in [0.2, 0.25) is 0 Å². The molecule has 0 saturated carbocycles. The molecule has 0 radical (unpaired) electrons. The van der Waals surface area contributed by atoms with E-state index in [9.17, 15) is 27.6 Å². The number of fused-ring (bicyclic) bond motifs is 3. The summed E-state index contributed by atoms with van der Waals surface area (Å²) in [6, 6.07) is 14.7. The smallest absolute Gasteiger partial charge is 0.407 e. The maximum Gasteiger partial charge on any atom is 0.407 e. The Hall–Kier alpha value is -3.56. The molecule has 1 aliphatic carbocycles. The standard InChI is InChI=1S/C25H27F3N2O5/c1-15(12-23(32)33)30-22(31)13-16(25(26,27)28)10-11-29-24(34)35-14-21-19-8-4-2-6-17(19)18-7-3-5-9-20(18)21/h2-9,15-16,21H,10-14H2,1H3,(H,29,34)(H,30,31)(H,32,33)/t15-,16?/m1/s1. The monoisotopic (exact) mass is 492 g/mol. The molecule has 3 rings (SSSR count). The van der Waals surface area contributed by atoms with Crippen LogP contribution >= 0.6 is 0 Å². The van der Waals surface area contributed by atoms with Gasteiger partial charge in [0.25, 0.3) is 0 Å². The Labute approximate surface area is 200 Å². The summed E-state index contributed by atoms with van der Waals surface area (Å²) in [7, 11) is 0. The summed E-state index contributed by atoms with van der Waals surface area (Å²) >= 11 is 0. The molecule has 2 aromatic rings. The van der Waals surface area contributed by atoms with Crippen LogP contribution in [0.4, 0.5) is 18.0 Å². The maximum absolute atomic E-state index is 13.4. The topological polar surface area (TPSA) is 105 Å². The molecule has 2 amide bonds. The lowest BCUT2D eigenvalue weighted by Gasteiger charge is -2.21. The van der Waals surface area contributed by atoms with Crippen molar-refractivity contribution in [2.45, 2.75) is 44.3 Å². The predicted octanol–water partition coefficient (Wildman–Crippen LogP) is 4.46. The van der Waals surface area contributed by atoms with Crippen molar-refractivity contribution in [2.24, 2.45) is 5.92 Å². The van der Waals surface area contributed by atoms with E-state index in [4.69, 9.17) is 9.84 Å². The van der Waals surface area contributed by atoms with Crippen molar-refractivity contribution < 1.29 is 37.4 Å². The SMILES string of the molecule is C[C@H](CC(=O)O)NC(=O)CC(CCNC(=O)OCC1c2ccccc2-c2ccccc21)C(F)(F)F. The van der Waals surface area contributed by atoms with Crippen molar-refractivity contribution in [1.29, 1.82) is 0 Å². The van der Waals surface area contributed by atoms with Gasteiger partial charge < -0.3 is 20.5 Å². The number of carbonyl (C=O) groups is 3. The number of halogens is 3. The van der Waals surface area contributed by atoms with E-state index in [0.717, 1.165) is 22.3 Å². The molecular weight excluding hydrogens is 465 g/mol. The Bertz CT molecular complexity index is 1030. The zero-order valence-electron chi connectivity index (χ0n) is 19.1. The zero-order valence-corrected chi connectivity index (χ0v) is 19.1. The minimum atomic E-state index is -4.66. The van der Waals surface area contributed by atoms with E-state index in [1.54, 1.807) is 0 Å². The van der Waals surface area contributed by atoms with Gasteiger partial charge in [-0.25, -0.2) is 4.79 Å². The fourth-order valence-corrected chi connectivity index (χ4v) is 4.25. The molecule has 1 unspecified atom stereocenters. The van der Waals surface area contributed by atoms with Gasteiger partial charge in [-0.3, -0.25) is 9.59 Å². The number of carbonyl (C=O) groups excluding carboxylic acids is 2. The number of rotatable bonds is 10. The van der Waals surface area contributed by atoms with Crippen molar-refractivity contribution in [1.82, 2.24) is 10.6 Å². The molecular formula is C25H27F3N2O5. The van der Waals surface area contributed by atoms with Crippen LogP contribution < -0.4 is 10.6 Å². The number of nitrogens with one attached hydrogen (secondary N) is 2. The van der Waals surface area contributed by atoms with Gasteiger partial charge in [-0.15, -0.1) is 0 Å². The first kappa shape index (κ1) is 26.1. The number of carboxylic acid groups (broad SMARTS) is 1.